The van der Waals surface area contributed by atoms with Crippen LogP contribution in [0, 0.1) is 0 Å². The lowest BCUT2D eigenvalue weighted by Gasteiger charge is -2.06. The monoisotopic (exact) mass is 290 g/mol. The average Bonchev–Trinajstić information content (AvgIpc) is 2.48. The van der Waals surface area contributed by atoms with Gasteiger partial charge in [0.1, 0.15) is 5.82 Å². The predicted octanol–water partition coefficient (Wildman–Crippen LogP) is 2.25. The fourth-order valence-electron chi connectivity index (χ4n) is 1.56. The summed E-state index contributed by atoms with van der Waals surface area (Å²) in [5, 5.41) is 6.45. The molecule has 0 bridgehead atoms. The van der Waals surface area contributed by atoms with Crippen LogP contribution in [0.4, 0.5) is 5.82 Å². The van der Waals surface area contributed by atoms with Gasteiger partial charge in [-0.3, -0.25) is 9.78 Å². The van der Waals surface area contributed by atoms with E-state index in [9.17, 15) is 4.79 Å². The van der Waals surface area contributed by atoms with Crippen LogP contribution in [0.5, 0.6) is 0 Å². The topological polar surface area (TPSA) is 66.9 Å². The van der Waals surface area contributed by atoms with Crippen LogP contribution >= 0.6 is 11.6 Å². The van der Waals surface area contributed by atoms with Crippen molar-refractivity contribution in [3.63, 3.8) is 0 Å². The molecular formula is C14H15ClN4O. The number of carbonyl (C=O) groups is 1. The van der Waals surface area contributed by atoms with Gasteiger partial charge in [-0.2, -0.15) is 0 Å². The Morgan fingerprint density at radius 2 is 2.10 bits per heavy atom. The highest BCUT2D eigenvalue weighted by atomic mass is 35.5. The van der Waals surface area contributed by atoms with Gasteiger partial charge in [-0.25, -0.2) is 4.98 Å². The van der Waals surface area contributed by atoms with Crippen molar-refractivity contribution < 1.29 is 4.79 Å². The second-order valence-corrected chi connectivity index (χ2v) is 4.57. The number of aromatic nitrogens is 2. The summed E-state index contributed by atoms with van der Waals surface area (Å²) in [4.78, 5) is 19.9. The van der Waals surface area contributed by atoms with Gasteiger partial charge in [-0.15, -0.1) is 0 Å². The minimum atomic E-state index is -0.0304. The lowest BCUT2D eigenvalue weighted by atomic mass is 10.3. The molecule has 0 aromatic carbocycles. The van der Waals surface area contributed by atoms with E-state index in [2.05, 4.69) is 20.6 Å². The molecular weight excluding hydrogens is 276 g/mol. The Kier molecular flexibility index (Phi) is 5.32. The maximum Gasteiger partial charge on any atom is 0.222 e. The standard InChI is InChI=1S/C14H15ClN4O/c15-11-4-5-13(18-9-11)17-8-6-14(20)19-10-12-3-1-2-7-16-12/h1-5,7,9H,6,8,10H2,(H,17,18)(H,19,20). The third-order valence-electron chi connectivity index (χ3n) is 2.58. The molecule has 1 amide bonds. The first-order valence-corrected chi connectivity index (χ1v) is 6.64. The van der Waals surface area contributed by atoms with E-state index in [1.165, 1.54) is 0 Å². The molecule has 5 nitrogen and oxygen atoms in total. The molecule has 0 fully saturated rings. The Labute approximate surface area is 122 Å². The zero-order valence-electron chi connectivity index (χ0n) is 10.8. The number of carbonyl (C=O) groups excluding carboxylic acids is 1. The minimum Gasteiger partial charge on any atom is -0.370 e. The van der Waals surface area contributed by atoms with E-state index < -0.39 is 0 Å². The van der Waals surface area contributed by atoms with Gasteiger partial charge in [0.2, 0.25) is 5.91 Å². The maximum atomic E-state index is 11.6. The number of nitrogens with one attached hydrogen (secondary N) is 2. The highest BCUT2D eigenvalue weighted by Gasteiger charge is 2.02. The molecule has 104 valence electrons. The van der Waals surface area contributed by atoms with Gasteiger partial charge in [0, 0.05) is 25.4 Å². The Morgan fingerprint density at radius 3 is 2.80 bits per heavy atom. The van der Waals surface area contributed by atoms with Crippen LogP contribution in [0.15, 0.2) is 42.7 Å². The van der Waals surface area contributed by atoms with Crippen LogP contribution in [0.1, 0.15) is 12.1 Å². The van der Waals surface area contributed by atoms with Gasteiger partial charge < -0.3 is 10.6 Å². The molecule has 2 N–H and O–H groups in total. The molecule has 2 aromatic rings. The molecule has 0 atom stereocenters. The highest BCUT2D eigenvalue weighted by molar-refractivity contribution is 6.30. The molecule has 0 unspecified atom stereocenters. The number of hydrogen-bond acceptors (Lipinski definition) is 4. The third-order valence-corrected chi connectivity index (χ3v) is 2.80. The fourth-order valence-corrected chi connectivity index (χ4v) is 1.68. The molecule has 2 rings (SSSR count). The molecule has 0 aliphatic carbocycles. The molecule has 0 saturated carbocycles. The van der Waals surface area contributed by atoms with E-state index in [0.29, 0.717) is 30.4 Å². The van der Waals surface area contributed by atoms with E-state index in [1.807, 2.05) is 18.2 Å². The van der Waals surface area contributed by atoms with Gasteiger partial charge in [0.25, 0.3) is 0 Å². The van der Waals surface area contributed by atoms with Crippen molar-refractivity contribution in [3.8, 4) is 0 Å². The van der Waals surface area contributed by atoms with E-state index in [1.54, 1.807) is 24.5 Å². The number of nitrogens with zero attached hydrogens (tertiary/aromatic N) is 2. The van der Waals surface area contributed by atoms with Crippen LogP contribution in [0.25, 0.3) is 0 Å². The first-order chi connectivity index (χ1) is 9.74. The van der Waals surface area contributed by atoms with Gasteiger partial charge in [0.05, 0.1) is 17.3 Å². The summed E-state index contributed by atoms with van der Waals surface area (Å²) in [5.74, 6) is 0.670. The largest absolute Gasteiger partial charge is 0.370 e. The lowest BCUT2D eigenvalue weighted by molar-refractivity contribution is -0.121. The summed E-state index contributed by atoms with van der Waals surface area (Å²) < 4.78 is 0. The molecule has 0 saturated heterocycles. The molecule has 2 aromatic heterocycles. The van der Waals surface area contributed by atoms with Crippen LogP contribution in [0.2, 0.25) is 5.02 Å². The number of amides is 1. The van der Waals surface area contributed by atoms with Crippen molar-refractivity contribution in [3.05, 3.63) is 53.4 Å². The van der Waals surface area contributed by atoms with Crippen LogP contribution in [0.3, 0.4) is 0 Å². The number of pyridine rings is 2. The number of halogens is 1. The molecule has 0 aliphatic heterocycles. The second kappa shape index (κ2) is 7.45. The SMILES string of the molecule is O=C(CCNc1ccc(Cl)cn1)NCc1ccccn1. The zero-order valence-corrected chi connectivity index (χ0v) is 11.6. The molecule has 0 radical (unpaired) electrons. The molecule has 0 aliphatic rings. The summed E-state index contributed by atoms with van der Waals surface area (Å²) in [6, 6.07) is 9.12. The Balaban J connectivity index is 1.66. The first kappa shape index (κ1) is 14.3. The lowest BCUT2D eigenvalue weighted by Crippen LogP contribution is -2.25. The molecule has 20 heavy (non-hydrogen) atoms. The zero-order chi connectivity index (χ0) is 14.2. The summed E-state index contributed by atoms with van der Waals surface area (Å²) in [7, 11) is 0. The van der Waals surface area contributed by atoms with E-state index in [0.717, 1.165) is 5.69 Å². The van der Waals surface area contributed by atoms with Crippen molar-refractivity contribution in [2.75, 3.05) is 11.9 Å². The van der Waals surface area contributed by atoms with Crippen LogP contribution in [-0.2, 0) is 11.3 Å². The summed E-state index contributed by atoms with van der Waals surface area (Å²) >= 11 is 5.74. The fraction of sp³-hybridized carbons (Fsp3) is 0.214. The van der Waals surface area contributed by atoms with Gasteiger partial charge in [-0.05, 0) is 24.3 Å². The minimum absolute atomic E-state index is 0.0304. The maximum absolute atomic E-state index is 11.6. The van der Waals surface area contributed by atoms with Crippen molar-refractivity contribution in [2.45, 2.75) is 13.0 Å². The summed E-state index contributed by atoms with van der Waals surface area (Å²) in [6.45, 7) is 0.960. The van der Waals surface area contributed by atoms with Crippen molar-refractivity contribution in [1.29, 1.82) is 0 Å². The average molecular weight is 291 g/mol. The highest BCUT2D eigenvalue weighted by Crippen LogP contribution is 2.09. The quantitative estimate of drug-likeness (QED) is 0.856. The van der Waals surface area contributed by atoms with Gasteiger partial charge in [-0.1, -0.05) is 17.7 Å². The van der Waals surface area contributed by atoms with Gasteiger partial charge in [0.15, 0.2) is 0 Å². The Bertz CT molecular complexity index is 545. The van der Waals surface area contributed by atoms with E-state index in [-0.39, 0.29) is 5.91 Å². The molecule has 2 heterocycles. The van der Waals surface area contributed by atoms with E-state index in [4.69, 9.17) is 11.6 Å². The van der Waals surface area contributed by atoms with Crippen molar-refractivity contribution in [1.82, 2.24) is 15.3 Å². The van der Waals surface area contributed by atoms with Crippen molar-refractivity contribution >= 4 is 23.3 Å². The van der Waals surface area contributed by atoms with Crippen LogP contribution < -0.4 is 10.6 Å². The Morgan fingerprint density at radius 1 is 1.20 bits per heavy atom. The molecule has 0 spiro atoms. The third kappa shape index (κ3) is 4.85. The first-order valence-electron chi connectivity index (χ1n) is 6.26. The normalized spacial score (nSPS) is 10.1. The second-order valence-electron chi connectivity index (χ2n) is 4.14. The van der Waals surface area contributed by atoms with E-state index >= 15 is 0 Å². The molecule has 6 heteroatoms. The summed E-state index contributed by atoms with van der Waals surface area (Å²) in [5.41, 5.74) is 0.841. The number of anilines is 1. The number of hydrogen-bond donors (Lipinski definition) is 2. The smallest absolute Gasteiger partial charge is 0.222 e. The number of rotatable bonds is 6. The van der Waals surface area contributed by atoms with Crippen molar-refractivity contribution in [2.24, 2.45) is 0 Å². The Hall–Kier alpha value is -2.14. The van der Waals surface area contributed by atoms with Gasteiger partial charge >= 0.3 is 0 Å². The summed E-state index contributed by atoms with van der Waals surface area (Å²) in [6.07, 6.45) is 3.64. The predicted molar refractivity (Wildman–Crippen MR) is 78.4 cm³/mol. The van der Waals surface area contributed by atoms with Crippen LogP contribution in [-0.4, -0.2) is 22.4 Å².